The molecule has 294 valence electrons. The Morgan fingerprint density at radius 1 is 0.760 bits per heavy atom. The molecule has 0 radical (unpaired) electrons. The molecule has 12 nitrogen and oxygen atoms in total. The predicted molar refractivity (Wildman–Crippen MR) is 193 cm³/mol. The number of carbonyl (C=O) groups excluding carboxylic acids is 1. The highest BCUT2D eigenvalue weighted by molar-refractivity contribution is 7.80. The molecular weight excluding hydrogens is 668 g/mol. The first kappa shape index (κ1) is 46.6. The van der Waals surface area contributed by atoms with E-state index in [2.05, 4.69) is 42.3 Å². The lowest BCUT2D eigenvalue weighted by molar-refractivity contribution is -0.301. The summed E-state index contributed by atoms with van der Waals surface area (Å²) >= 11 is 0. The van der Waals surface area contributed by atoms with E-state index in [1.54, 1.807) is 0 Å². The monoisotopic (exact) mass is 736 g/mol. The summed E-state index contributed by atoms with van der Waals surface area (Å²) in [6.07, 6.45) is 20.9. The van der Waals surface area contributed by atoms with Crippen LogP contribution in [0.1, 0.15) is 142 Å². The van der Waals surface area contributed by atoms with E-state index in [1.807, 2.05) is 0 Å². The maximum atomic E-state index is 12.7. The number of aliphatic hydroxyl groups excluding tert-OH is 3. The Bertz CT molecular complexity index is 989. The highest BCUT2D eigenvalue weighted by atomic mass is 32.3. The quantitative estimate of drug-likeness (QED) is 0.0255. The van der Waals surface area contributed by atoms with Gasteiger partial charge in [-0.25, -0.2) is 4.18 Å². The number of ether oxygens (including phenoxy) is 4. The second kappa shape index (κ2) is 30.1. The topological polar surface area (TPSA) is 178 Å². The number of esters is 1. The van der Waals surface area contributed by atoms with Gasteiger partial charge in [0.15, 0.2) is 6.29 Å². The lowest BCUT2D eigenvalue weighted by atomic mass is 9.99. The zero-order chi connectivity index (χ0) is 36.9. The summed E-state index contributed by atoms with van der Waals surface area (Å²) in [4.78, 5) is 12.7. The van der Waals surface area contributed by atoms with Gasteiger partial charge in [-0.2, -0.15) is 8.42 Å². The fraction of sp³-hybridized carbons (Fsp3) is 0.865. The van der Waals surface area contributed by atoms with Gasteiger partial charge in [-0.3, -0.25) is 9.35 Å². The van der Waals surface area contributed by atoms with Gasteiger partial charge in [-0.1, -0.05) is 115 Å². The molecule has 50 heavy (non-hydrogen) atoms. The van der Waals surface area contributed by atoms with Gasteiger partial charge in [0, 0.05) is 13.0 Å². The van der Waals surface area contributed by atoms with Gasteiger partial charge in [0.05, 0.1) is 19.8 Å². The fourth-order valence-corrected chi connectivity index (χ4v) is 6.15. The largest absolute Gasteiger partial charge is 0.457 e. The van der Waals surface area contributed by atoms with E-state index in [9.17, 15) is 28.5 Å². The van der Waals surface area contributed by atoms with E-state index < -0.39 is 59.8 Å². The third kappa shape index (κ3) is 23.9. The number of allylic oxidation sites excluding steroid dienone is 4. The van der Waals surface area contributed by atoms with Crippen LogP contribution in [0, 0.1) is 0 Å². The van der Waals surface area contributed by atoms with Crippen molar-refractivity contribution in [2.75, 3.05) is 26.4 Å². The van der Waals surface area contributed by atoms with Crippen LogP contribution in [-0.2, 0) is 38.3 Å². The Kier molecular flexibility index (Phi) is 28.0. The molecule has 1 rings (SSSR count). The van der Waals surface area contributed by atoms with E-state index in [0.717, 1.165) is 64.2 Å². The Labute approximate surface area is 301 Å². The standard InChI is InChI=1S/C37H68O12S/c1-3-5-7-9-11-12-13-14-15-16-17-18-19-20-22-24-26-33(39)47-31(29-45-27-25-23-21-10-8-6-4-2)30-46-37-35(41)36(49-50(42,43)44)34(40)32(28-38)48-37/h12-13,15-16,31-32,34-38,40-41H,3-11,14,17-30H2,1-2H3,(H,42,43,44)/b13-12-,16-15-. The summed E-state index contributed by atoms with van der Waals surface area (Å²) in [6, 6.07) is 0. The van der Waals surface area contributed by atoms with Crippen molar-refractivity contribution in [2.24, 2.45) is 0 Å². The molecule has 0 aromatic carbocycles. The highest BCUT2D eigenvalue weighted by Gasteiger charge is 2.48. The van der Waals surface area contributed by atoms with Crippen LogP contribution in [0.3, 0.4) is 0 Å². The number of carbonyl (C=O) groups is 1. The van der Waals surface area contributed by atoms with Gasteiger partial charge in [0.1, 0.15) is 30.5 Å². The van der Waals surface area contributed by atoms with Crippen molar-refractivity contribution >= 4 is 16.4 Å². The van der Waals surface area contributed by atoms with Crippen molar-refractivity contribution in [1.82, 2.24) is 0 Å². The first-order valence-corrected chi connectivity index (χ1v) is 20.5. The van der Waals surface area contributed by atoms with Gasteiger partial charge < -0.3 is 34.3 Å². The van der Waals surface area contributed by atoms with Crippen LogP contribution in [0.2, 0.25) is 0 Å². The SMILES string of the molecule is CCCCCC/C=C\C/C=C\CCCCCCCC(=O)OC(COCCCCCCCCC)COC1OC(CO)C(O)C(OS(=O)(=O)O)C1O. The van der Waals surface area contributed by atoms with Gasteiger partial charge in [0.2, 0.25) is 0 Å². The fourth-order valence-electron chi connectivity index (χ4n) is 5.64. The van der Waals surface area contributed by atoms with E-state index in [4.69, 9.17) is 23.5 Å². The van der Waals surface area contributed by atoms with Crippen LogP contribution in [0.5, 0.6) is 0 Å². The molecule has 0 amide bonds. The van der Waals surface area contributed by atoms with Gasteiger partial charge in [0.25, 0.3) is 0 Å². The minimum Gasteiger partial charge on any atom is -0.457 e. The summed E-state index contributed by atoms with van der Waals surface area (Å²) in [5.74, 6) is -0.416. The van der Waals surface area contributed by atoms with E-state index in [-0.39, 0.29) is 19.6 Å². The van der Waals surface area contributed by atoms with Gasteiger partial charge >= 0.3 is 16.4 Å². The molecule has 6 unspecified atom stereocenters. The Morgan fingerprint density at radius 3 is 1.92 bits per heavy atom. The highest BCUT2D eigenvalue weighted by Crippen LogP contribution is 2.26. The number of aliphatic hydroxyl groups is 3. The Hall–Kier alpha value is -1.42. The average Bonchev–Trinajstić information content (AvgIpc) is 3.08. The molecule has 13 heteroatoms. The lowest BCUT2D eigenvalue weighted by Crippen LogP contribution is -2.60. The first-order chi connectivity index (χ1) is 24.1. The molecule has 0 saturated carbocycles. The smallest absolute Gasteiger partial charge is 0.397 e. The summed E-state index contributed by atoms with van der Waals surface area (Å²) in [5, 5.41) is 30.4. The summed E-state index contributed by atoms with van der Waals surface area (Å²) < 4.78 is 58.6. The third-order valence-corrected chi connectivity index (χ3v) is 9.04. The zero-order valence-electron chi connectivity index (χ0n) is 30.7. The van der Waals surface area contributed by atoms with Crippen LogP contribution in [0.15, 0.2) is 24.3 Å². The molecule has 0 aromatic heterocycles. The molecule has 1 fully saturated rings. The third-order valence-electron chi connectivity index (χ3n) is 8.58. The lowest BCUT2D eigenvalue weighted by Gasteiger charge is -2.41. The minimum absolute atomic E-state index is 0.0314. The Morgan fingerprint density at radius 2 is 1.32 bits per heavy atom. The molecule has 1 aliphatic heterocycles. The molecule has 0 spiro atoms. The van der Waals surface area contributed by atoms with Crippen LogP contribution < -0.4 is 0 Å². The number of hydrogen-bond donors (Lipinski definition) is 4. The van der Waals surface area contributed by atoms with Crippen LogP contribution in [0.25, 0.3) is 0 Å². The number of hydrogen-bond acceptors (Lipinski definition) is 11. The van der Waals surface area contributed by atoms with Gasteiger partial charge in [-0.05, 0) is 44.9 Å². The number of unbranched alkanes of at least 4 members (excludes halogenated alkanes) is 15. The van der Waals surface area contributed by atoms with Crippen molar-refractivity contribution < 1.29 is 56.2 Å². The van der Waals surface area contributed by atoms with Crippen LogP contribution in [0.4, 0.5) is 0 Å². The maximum Gasteiger partial charge on any atom is 0.397 e. The molecule has 1 saturated heterocycles. The van der Waals surface area contributed by atoms with Gasteiger partial charge in [-0.15, -0.1) is 0 Å². The molecule has 4 N–H and O–H groups in total. The second-order valence-corrected chi connectivity index (χ2v) is 14.2. The molecule has 0 bridgehead atoms. The summed E-state index contributed by atoms with van der Waals surface area (Å²) in [6.45, 7) is 3.89. The Balaban J connectivity index is 2.48. The molecule has 6 atom stereocenters. The average molecular weight is 737 g/mol. The zero-order valence-corrected chi connectivity index (χ0v) is 31.5. The minimum atomic E-state index is -5.05. The van der Waals surface area contributed by atoms with Crippen LogP contribution >= 0.6 is 0 Å². The van der Waals surface area contributed by atoms with Crippen LogP contribution in [-0.4, -0.2) is 97.5 Å². The molecule has 0 aromatic rings. The molecule has 0 aliphatic carbocycles. The normalized spacial score (nSPS) is 22.1. The molecular formula is C37H68O12S. The molecule has 1 heterocycles. The van der Waals surface area contributed by atoms with Crippen molar-refractivity contribution in [3.05, 3.63) is 24.3 Å². The summed E-state index contributed by atoms with van der Waals surface area (Å²) in [5.41, 5.74) is 0. The van der Waals surface area contributed by atoms with Crippen molar-refractivity contribution in [3.8, 4) is 0 Å². The van der Waals surface area contributed by atoms with E-state index in [0.29, 0.717) is 13.0 Å². The first-order valence-electron chi connectivity index (χ1n) is 19.1. The summed E-state index contributed by atoms with van der Waals surface area (Å²) in [7, 11) is -5.05. The maximum absolute atomic E-state index is 12.7. The number of rotatable bonds is 32. The predicted octanol–water partition coefficient (Wildman–Crippen LogP) is 6.51. The van der Waals surface area contributed by atoms with Crippen molar-refractivity contribution in [3.63, 3.8) is 0 Å². The second-order valence-electron chi connectivity index (χ2n) is 13.2. The molecule has 1 aliphatic rings. The van der Waals surface area contributed by atoms with E-state index >= 15 is 0 Å². The van der Waals surface area contributed by atoms with Crippen molar-refractivity contribution in [1.29, 1.82) is 0 Å². The van der Waals surface area contributed by atoms with Crippen molar-refractivity contribution in [2.45, 2.75) is 179 Å². The van der Waals surface area contributed by atoms with E-state index in [1.165, 1.54) is 51.4 Å².